The largest absolute Gasteiger partial charge is 0.490 e. The Kier molecular flexibility index (Phi) is 9.26. The number of carbonyl (C=O) groups is 2. The lowest BCUT2D eigenvalue weighted by atomic mass is 10.1. The molecule has 1 aliphatic carbocycles. The molecule has 0 aliphatic heterocycles. The third-order valence-corrected chi connectivity index (χ3v) is 7.15. The zero-order valence-electron chi connectivity index (χ0n) is 18.5. The summed E-state index contributed by atoms with van der Waals surface area (Å²) in [5.41, 5.74) is 1.76. The van der Waals surface area contributed by atoms with Crippen LogP contribution < -0.4 is 10.1 Å². The first kappa shape index (κ1) is 24.9. The average Bonchev–Trinajstić information content (AvgIpc) is 3.32. The average molecular weight is 498 g/mol. The van der Waals surface area contributed by atoms with Crippen molar-refractivity contribution in [3.63, 3.8) is 0 Å². The zero-order chi connectivity index (χ0) is 23.1. The maximum atomic E-state index is 12.9. The van der Waals surface area contributed by atoms with Crippen LogP contribution in [0.15, 0.2) is 12.1 Å². The van der Waals surface area contributed by atoms with Gasteiger partial charge in [-0.15, -0.1) is 11.3 Å². The molecule has 2 aromatic rings. The molecule has 0 saturated carbocycles. The Bertz CT molecular complexity index is 950. The van der Waals surface area contributed by atoms with Gasteiger partial charge in [-0.1, -0.05) is 55.8 Å². The Morgan fingerprint density at radius 1 is 1.06 bits per heavy atom. The molecule has 32 heavy (non-hydrogen) atoms. The van der Waals surface area contributed by atoms with Gasteiger partial charge in [-0.25, -0.2) is 4.79 Å². The van der Waals surface area contributed by atoms with Gasteiger partial charge in [0.15, 0.2) is 5.75 Å². The fourth-order valence-electron chi connectivity index (χ4n) is 3.80. The van der Waals surface area contributed by atoms with Crippen molar-refractivity contribution in [2.45, 2.75) is 65.2 Å². The molecule has 8 heteroatoms. The van der Waals surface area contributed by atoms with Crippen LogP contribution in [-0.4, -0.2) is 25.1 Å². The molecule has 0 radical (unpaired) electrons. The summed E-state index contributed by atoms with van der Waals surface area (Å²) < 4.78 is 11.0. The van der Waals surface area contributed by atoms with Gasteiger partial charge < -0.3 is 14.8 Å². The maximum absolute atomic E-state index is 12.9. The fraction of sp³-hybridized carbons (Fsp3) is 0.500. The Hall–Kier alpha value is -1.76. The van der Waals surface area contributed by atoms with E-state index >= 15 is 0 Å². The van der Waals surface area contributed by atoms with E-state index in [-0.39, 0.29) is 22.6 Å². The number of hydrogen-bond acceptors (Lipinski definition) is 5. The number of carbonyl (C=O) groups excluding carboxylic acids is 2. The number of anilines is 1. The van der Waals surface area contributed by atoms with Gasteiger partial charge in [0, 0.05) is 10.4 Å². The molecule has 1 aliphatic rings. The van der Waals surface area contributed by atoms with Crippen molar-refractivity contribution >= 4 is 51.4 Å². The molecule has 1 heterocycles. The van der Waals surface area contributed by atoms with Crippen LogP contribution in [0.5, 0.6) is 5.75 Å². The monoisotopic (exact) mass is 497 g/mol. The van der Waals surface area contributed by atoms with Crippen LogP contribution >= 0.6 is 34.5 Å². The summed E-state index contributed by atoms with van der Waals surface area (Å²) in [5.74, 6) is -0.394. The van der Waals surface area contributed by atoms with Gasteiger partial charge in [-0.05, 0) is 50.3 Å². The van der Waals surface area contributed by atoms with Crippen molar-refractivity contribution in [2.75, 3.05) is 18.5 Å². The van der Waals surface area contributed by atoms with Crippen molar-refractivity contribution in [3.05, 3.63) is 43.7 Å². The van der Waals surface area contributed by atoms with Crippen LogP contribution in [-0.2, 0) is 17.6 Å². The second-order valence-electron chi connectivity index (χ2n) is 7.77. The molecule has 0 saturated heterocycles. The van der Waals surface area contributed by atoms with Crippen LogP contribution in [0.4, 0.5) is 5.00 Å². The third kappa shape index (κ3) is 5.97. The molecule has 5 nitrogen and oxygen atoms in total. The van der Waals surface area contributed by atoms with Gasteiger partial charge in [-0.2, -0.15) is 0 Å². The zero-order valence-corrected chi connectivity index (χ0v) is 20.9. The SMILES string of the molecule is CCCCCCCOc1c(Cl)cc(C(=O)Nc2sc3c(c2C(=O)OCC)CCC3)cc1Cl. The van der Waals surface area contributed by atoms with Gasteiger partial charge in [0.25, 0.3) is 5.91 Å². The molecule has 1 amide bonds. The standard InChI is InChI=1S/C24H29Cl2NO4S/c1-3-5-6-7-8-12-31-21-17(25)13-15(14-18(21)26)22(28)27-23-20(24(29)30-4-2)16-10-9-11-19(16)32-23/h13-14H,3-12H2,1-2H3,(H,27,28). The fourth-order valence-corrected chi connectivity index (χ4v) is 5.66. The number of hydrogen-bond donors (Lipinski definition) is 1. The minimum Gasteiger partial charge on any atom is -0.490 e. The first-order valence-electron chi connectivity index (χ1n) is 11.2. The van der Waals surface area contributed by atoms with Crippen LogP contribution in [0.3, 0.4) is 0 Å². The first-order valence-corrected chi connectivity index (χ1v) is 12.8. The van der Waals surface area contributed by atoms with E-state index < -0.39 is 5.97 Å². The van der Waals surface area contributed by atoms with E-state index in [2.05, 4.69) is 12.2 Å². The van der Waals surface area contributed by atoms with Gasteiger partial charge in [-0.3, -0.25) is 4.79 Å². The normalized spacial score (nSPS) is 12.5. The third-order valence-electron chi connectivity index (χ3n) is 5.38. The molecule has 0 atom stereocenters. The predicted octanol–water partition coefficient (Wildman–Crippen LogP) is 7.32. The van der Waals surface area contributed by atoms with Crippen LogP contribution in [0.1, 0.15) is 83.5 Å². The number of amides is 1. The van der Waals surface area contributed by atoms with Crippen LogP contribution in [0.25, 0.3) is 0 Å². The highest BCUT2D eigenvalue weighted by Gasteiger charge is 2.28. The highest BCUT2D eigenvalue weighted by Crippen LogP contribution is 2.40. The molecule has 0 fully saturated rings. The summed E-state index contributed by atoms with van der Waals surface area (Å²) in [6.45, 7) is 4.75. The smallest absolute Gasteiger partial charge is 0.341 e. The van der Waals surface area contributed by atoms with E-state index in [4.69, 9.17) is 32.7 Å². The summed E-state index contributed by atoms with van der Waals surface area (Å²) in [5, 5.41) is 3.95. The van der Waals surface area contributed by atoms with E-state index in [0.29, 0.717) is 28.5 Å². The molecule has 0 spiro atoms. The summed E-state index contributed by atoms with van der Waals surface area (Å²) in [6.07, 6.45) is 8.34. The highest BCUT2D eigenvalue weighted by atomic mass is 35.5. The van der Waals surface area contributed by atoms with Gasteiger partial charge in [0.2, 0.25) is 0 Å². The van der Waals surface area contributed by atoms with Gasteiger partial charge >= 0.3 is 5.97 Å². The minimum absolute atomic E-state index is 0.280. The topological polar surface area (TPSA) is 64.6 Å². The van der Waals surface area contributed by atoms with Gasteiger partial charge in [0.1, 0.15) is 5.00 Å². The van der Waals surface area contributed by atoms with Gasteiger partial charge in [0.05, 0.1) is 28.8 Å². The van der Waals surface area contributed by atoms with Crippen molar-refractivity contribution in [1.82, 2.24) is 0 Å². The van der Waals surface area contributed by atoms with Crippen molar-refractivity contribution in [1.29, 1.82) is 0 Å². The molecule has 0 unspecified atom stereocenters. The van der Waals surface area contributed by atoms with Crippen molar-refractivity contribution in [2.24, 2.45) is 0 Å². The Balaban J connectivity index is 1.70. The lowest BCUT2D eigenvalue weighted by molar-refractivity contribution is 0.0527. The second kappa shape index (κ2) is 11.9. The number of nitrogens with one attached hydrogen (secondary N) is 1. The minimum atomic E-state index is -0.402. The number of ether oxygens (including phenoxy) is 2. The Morgan fingerprint density at radius 2 is 1.78 bits per heavy atom. The number of fused-ring (bicyclic) bond motifs is 1. The number of thiophene rings is 1. The Labute approximate surface area is 203 Å². The first-order chi connectivity index (χ1) is 15.5. The van der Waals surface area contributed by atoms with Crippen molar-refractivity contribution in [3.8, 4) is 5.75 Å². The number of rotatable bonds is 11. The highest BCUT2D eigenvalue weighted by molar-refractivity contribution is 7.17. The molecule has 1 N–H and O–H groups in total. The number of unbranched alkanes of at least 4 members (excludes halogenated alkanes) is 4. The molecular formula is C24H29Cl2NO4S. The number of esters is 1. The summed E-state index contributed by atoms with van der Waals surface area (Å²) >= 11 is 14.2. The number of halogens is 2. The molecule has 1 aromatic carbocycles. The molecule has 3 rings (SSSR count). The summed E-state index contributed by atoms with van der Waals surface area (Å²) in [6, 6.07) is 3.08. The van der Waals surface area contributed by atoms with E-state index in [1.807, 2.05) is 0 Å². The predicted molar refractivity (Wildman–Crippen MR) is 131 cm³/mol. The van der Waals surface area contributed by atoms with E-state index in [0.717, 1.165) is 42.5 Å². The lowest BCUT2D eigenvalue weighted by Crippen LogP contribution is -2.15. The van der Waals surface area contributed by atoms with E-state index in [1.54, 1.807) is 19.1 Å². The van der Waals surface area contributed by atoms with Crippen LogP contribution in [0.2, 0.25) is 10.0 Å². The van der Waals surface area contributed by atoms with E-state index in [9.17, 15) is 9.59 Å². The molecule has 1 aromatic heterocycles. The van der Waals surface area contributed by atoms with Crippen molar-refractivity contribution < 1.29 is 19.1 Å². The molecular weight excluding hydrogens is 469 g/mol. The molecule has 0 bridgehead atoms. The maximum Gasteiger partial charge on any atom is 0.341 e. The number of benzene rings is 1. The van der Waals surface area contributed by atoms with Crippen LogP contribution in [0, 0.1) is 0 Å². The second-order valence-corrected chi connectivity index (χ2v) is 9.69. The van der Waals surface area contributed by atoms with E-state index in [1.165, 1.54) is 30.6 Å². The number of aryl methyl sites for hydroxylation is 1. The molecule has 174 valence electrons. The lowest BCUT2D eigenvalue weighted by Gasteiger charge is -2.12. The quantitative estimate of drug-likeness (QED) is 0.260. The Morgan fingerprint density at radius 3 is 2.47 bits per heavy atom. The summed E-state index contributed by atoms with van der Waals surface area (Å²) in [4.78, 5) is 26.6. The summed E-state index contributed by atoms with van der Waals surface area (Å²) in [7, 11) is 0.